The largest absolute Gasteiger partial charge is 0.377 e. The number of aromatic nitrogens is 2. The van der Waals surface area contributed by atoms with Gasteiger partial charge in [-0.1, -0.05) is 6.92 Å². The third kappa shape index (κ3) is 5.96. The number of methoxy groups -OCH3 is 1. The van der Waals surface area contributed by atoms with E-state index in [0.29, 0.717) is 12.4 Å². The summed E-state index contributed by atoms with van der Waals surface area (Å²) in [5, 5.41) is 6.68. The first kappa shape index (κ1) is 17.0. The minimum atomic E-state index is 0.170. The van der Waals surface area contributed by atoms with E-state index in [9.17, 15) is 0 Å². The average molecular weight is 298 g/mol. The normalized spacial score (nSPS) is 11.4. The molecule has 0 spiro atoms. The van der Waals surface area contributed by atoms with Gasteiger partial charge in [-0.15, -0.1) is 0 Å². The summed E-state index contributed by atoms with van der Waals surface area (Å²) in [6.45, 7) is 8.72. The molecule has 0 unspecified atom stereocenters. The van der Waals surface area contributed by atoms with Crippen molar-refractivity contribution in [2.45, 2.75) is 38.5 Å². The van der Waals surface area contributed by atoms with Gasteiger partial charge in [0.05, 0.1) is 0 Å². The Hall–Kier alpha value is -1.01. The van der Waals surface area contributed by atoms with Crippen molar-refractivity contribution in [3.63, 3.8) is 0 Å². The molecule has 6 heteroatoms. The monoisotopic (exact) mass is 298 g/mol. The van der Waals surface area contributed by atoms with Crippen LogP contribution in [0.3, 0.4) is 0 Å². The molecular formula is C14H26N4OS. The van der Waals surface area contributed by atoms with Crippen molar-refractivity contribution < 1.29 is 4.74 Å². The van der Waals surface area contributed by atoms with Gasteiger partial charge >= 0.3 is 0 Å². The molecule has 1 heterocycles. The predicted octanol–water partition coefficient (Wildman–Crippen LogP) is 3.00. The Morgan fingerprint density at radius 2 is 1.90 bits per heavy atom. The zero-order chi connectivity index (χ0) is 15.0. The molecule has 0 bridgehead atoms. The molecule has 0 aliphatic rings. The maximum absolute atomic E-state index is 5.12. The number of nitrogens with one attached hydrogen (secondary N) is 2. The second-order valence-corrected chi connectivity index (χ2v) is 6.75. The quantitative estimate of drug-likeness (QED) is 0.731. The van der Waals surface area contributed by atoms with E-state index in [2.05, 4.69) is 47.6 Å². The smallest absolute Gasteiger partial charge is 0.158 e. The van der Waals surface area contributed by atoms with Crippen LogP contribution in [-0.4, -0.2) is 41.2 Å². The number of ether oxygens (including phenoxy) is 1. The van der Waals surface area contributed by atoms with E-state index in [4.69, 9.17) is 4.74 Å². The summed E-state index contributed by atoms with van der Waals surface area (Å²) < 4.78 is 5.29. The number of hydrogen-bond donors (Lipinski definition) is 2. The van der Waals surface area contributed by atoms with Gasteiger partial charge in [-0.05, 0) is 26.5 Å². The minimum absolute atomic E-state index is 0.170. The second kappa shape index (κ2) is 8.32. The van der Waals surface area contributed by atoms with Crippen LogP contribution >= 0.6 is 11.8 Å². The Balaban J connectivity index is 2.79. The highest BCUT2D eigenvalue weighted by Gasteiger charge is 2.16. The molecule has 0 fully saturated rings. The van der Waals surface area contributed by atoms with Gasteiger partial charge in [-0.3, -0.25) is 0 Å². The van der Waals surface area contributed by atoms with Crippen LogP contribution in [0.2, 0.25) is 0 Å². The first-order chi connectivity index (χ1) is 9.50. The summed E-state index contributed by atoms with van der Waals surface area (Å²) in [7, 11) is 1.65. The van der Waals surface area contributed by atoms with E-state index in [1.54, 1.807) is 7.11 Å². The van der Waals surface area contributed by atoms with Crippen LogP contribution in [0.4, 0.5) is 11.6 Å². The molecular weight excluding hydrogens is 272 g/mol. The summed E-state index contributed by atoms with van der Waals surface area (Å²) in [5.41, 5.74) is 0. The highest BCUT2D eigenvalue weighted by molar-refractivity contribution is 7.99. The lowest BCUT2D eigenvalue weighted by molar-refractivity contribution is 0.178. The Bertz CT molecular complexity index is 412. The summed E-state index contributed by atoms with van der Waals surface area (Å²) in [6.07, 6.45) is 3.18. The van der Waals surface area contributed by atoms with Crippen molar-refractivity contribution in [3.8, 4) is 0 Å². The van der Waals surface area contributed by atoms with Crippen molar-refractivity contribution in [2.75, 3.05) is 37.1 Å². The van der Waals surface area contributed by atoms with Crippen LogP contribution in [-0.2, 0) is 11.3 Å². The zero-order valence-corrected chi connectivity index (χ0v) is 13.9. The lowest BCUT2D eigenvalue weighted by atomic mass is 10.2. The summed E-state index contributed by atoms with van der Waals surface area (Å²) in [6, 6.07) is 1.95. The highest BCUT2D eigenvalue weighted by atomic mass is 32.2. The number of anilines is 2. The molecule has 0 amide bonds. The van der Waals surface area contributed by atoms with E-state index in [-0.39, 0.29) is 4.75 Å². The lowest BCUT2D eigenvalue weighted by Gasteiger charge is -2.22. The summed E-state index contributed by atoms with van der Waals surface area (Å²) in [4.78, 5) is 8.90. The Kier molecular flexibility index (Phi) is 7.09. The third-order valence-electron chi connectivity index (χ3n) is 2.85. The summed E-state index contributed by atoms with van der Waals surface area (Å²) in [5.74, 6) is 2.38. The molecule has 0 radical (unpaired) electrons. The van der Waals surface area contributed by atoms with Gasteiger partial charge in [-0.2, -0.15) is 11.8 Å². The Morgan fingerprint density at radius 3 is 2.45 bits per heavy atom. The molecule has 0 saturated carbocycles. The maximum Gasteiger partial charge on any atom is 0.158 e. The van der Waals surface area contributed by atoms with Crippen molar-refractivity contribution in [2.24, 2.45) is 0 Å². The van der Waals surface area contributed by atoms with Gasteiger partial charge in [0.25, 0.3) is 0 Å². The molecule has 0 aliphatic heterocycles. The number of rotatable bonds is 9. The fourth-order valence-electron chi connectivity index (χ4n) is 1.50. The molecule has 0 aliphatic carbocycles. The van der Waals surface area contributed by atoms with E-state index >= 15 is 0 Å². The lowest BCUT2D eigenvalue weighted by Crippen LogP contribution is -2.26. The fraction of sp³-hybridized carbons (Fsp3) is 0.714. The predicted molar refractivity (Wildman–Crippen MR) is 87.6 cm³/mol. The topological polar surface area (TPSA) is 59.1 Å². The molecule has 1 aromatic heterocycles. The third-order valence-corrected chi connectivity index (χ3v) is 4.10. The zero-order valence-electron chi connectivity index (χ0n) is 13.1. The van der Waals surface area contributed by atoms with E-state index in [1.807, 2.05) is 17.8 Å². The van der Waals surface area contributed by atoms with Gasteiger partial charge in [0.15, 0.2) is 5.82 Å². The van der Waals surface area contributed by atoms with Gasteiger partial charge in [-0.25, -0.2) is 9.97 Å². The van der Waals surface area contributed by atoms with Gasteiger partial charge in [0.2, 0.25) is 0 Å². The molecule has 5 nitrogen and oxygen atoms in total. The van der Waals surface area contributed by atoms with Crippen molar-refractivity contribution >= 4 is 23.4 Å². The molecule has 2 N–H and O–H groups in total. The van der Waals surface area contributed by atoms with Crippen molar-refractivity contribution in [1.82, 2.24) is 9.97 Å². The first-order valence-electron chi connectivity index (χ1n) is 6.90. The van der Waals surface area contributed by atoms with Crippen molar-refractivity contribution in [3.05, 3.63) is 11.9 Å². The molecule has 0 aromatic carbocycles. The minimum Gasteiger partial charge on any atom is -0.377 e. The van der Waals surface area contributed by atoms with Crippen LogP contribution < -0.4 is 10.6 Å². The van der Waals surface area contributed by atoms with Crippen molar-refractivity contribution in [1.29, 1.82) is 0 Å². The van der Waals surface area contributed by atoms with Crippen LogP contribution in [0.5, 0.6) is 0 Å². The molecule has 20 heavy (non-hydrogen) atoms. The molecule has 0 saturated heterocycles. The molecule has 1 aromatic rings. The van der Waals surface area contributed by atoms with E-state index < -0.39 is 0 Å². The number of thioether (sulfide) groups is 1. The molecule has 0 atom stereocenters. The Labute approximate surface area is 126 Å². The Morgan fingerprint density at radius 1 is 1.25 bits per heavy atom. The van der Waals surface area contributed by atoms with E-state index in [0.717, 1.165) is 31.1 Å². The standard InChI is InChI=1S/C14H26N4OS/c1-6-7-15-11-8-12(16-10-14(2,3)20-5)18-13(17-11)9-19-4/h8H,6-7,9-10H2,1-5H3,(H2,15,16,17,18). The molecule has 114 valence electrons. The first-order valence-corrected chi connectivity index (χ1v) is 8.13. The highest BCUT2D eigenvalue weighted by Crippen LogP contribution is 2.22. The average Bonchev–Trinajstić information content (AvgIpc) is 2.43. The SMILES string of the molecule is CCCNc1cc(NCC(C)(C)SC)nc(COC)n1. The van der Waals surface area contributed by atoms with Crippen LogP contribution in [0.15, 0.2) is 6.07 Å². The van der Waals surface area contributed by atoms with Crippen LogP contribution in [0, 0.1) is 0 Å². The fourth-order valence-corrected chi connectivity index (χ4v) is 1.72. The molecule has 1 rings (SSSR count). The number of hydrogen-bond acceptors (Lipinski definition) is 6. The summed E-state index contributed by atoms with van der Waals surface area (Å²) >= 11 is 1.83. The van der Waals surface area contributed by atoms with Crippen LogP contribution in [0.1, 0.15) is 33.0 Å². The number of nitrogens with zero attached hydrogens (tertiary/aromatic N) is 2. The van der Waals surface area contributed by atoms with E-state index in [1.165, 1.54) is 0 Å². The van der Waals surface area contributed by atoms with Crippen LogP contribution in [0.25, 0.3) is 0 Å². The van der Waals surface area contributed by atoms with Gasteiger partial charge < -0.3 is 15.4 Å². The second-order valence-electron chi connectivity index (χ2n) is 5.23. The maximum atomic E-state index is 5.12. The van der Waals surface area contributed by atoms with Gasteiger partial charge in [0.1, 0.15) is 18.2 Å². The van der Waals surface area contributed by atoms with Gasteiger partial charge in [0, 0.05) is 31.0 Å².